The van der Waals surface area contributed by atoms with Crippen molar-refractivity contribution in [1.29, 1.82) is 0 Å². The van der Waals surface area contributed by atoms with Gasteiger partial charge >= 0.3 is 17.9 Å². The standard InChI is InChI=1S/C32H33IN2O11S/c1-7-43-22-14-19(9-10-21(22)45-15-25(36)41-5)28-27(31(39)44-8-2)17(3)34-32-35(28)30(38)24(47-32)13-18-11-20(33)29(23(12-18)40-4)46-16-26(37)42-6/h9-14,28H,7-8,15-16H2,1-6H3/b24-13-/t28-/m0/s1. The van der Waals surface area contributed by atoms with Crippen molar-refractivity contribution in [2.24, 2.45) is 4.99 Å². The van der Waals surface area contributed by atoms with Crippen LogP contribution in [-0.2, 0) is 28.6 Å². The summed E-state index contributed by atoms with van der Waals surface area (Å²) in [6.07, 6.45) is 1.69. The summed E-state index contributed by atoms with van der Waals surface area (Å²) in [5.74, 6) is -0.412. The lowest BCUT2D eigenvalue weighted by molar-refractivity contribution is -0.143. The molecule has 0 radical (unpaired) electrons. The highest BCUT2D eigenvalue weighted by atomic mass is 127. The number of rotatable bonds is 13. The summed E-state index contributed by atoms with van der Waals surface area (Å²) in [5, 5.41) is 0. The summed E-state index contributed by atoms with van der Waals surface area (Å²) in [5.41, 5.74) is 1.36. The summed E-state index contributed by atoms with van der Waals surface area (Å²) >= 11 is 3.21. The Labute approximate surface area is 287 Å². The van der Waals surface area contributed by atoms with Crippen molar-refractivity contribution in [2.45, 2.75) is 26.8 Å². The topological polar surface area (TPSA) is 150 Å². The zero-order chi connectivity index (χ0) is 34.2. The first-order chi connectivity index (χ1) is 22.6. The quantitative estimate of drug-likeness (QED) is 0.143. The monoisotopic (exact) mass is 780 g/mol. The summed E-state index contributed by atoms with van der Waals surface area (Å²) in [6.45, 7) is 4.95. The second kappa shape index (κ2) is 15.9. The van der Waals surface area contributed by atoms with Gasteiger partial charge in [-0.2, -0.15) is 0 Å². The number of ether oxygens (including phenoxy) is 7. The highest BCUT2D eigenvalue weighted by Crippen LogP contribution is 2.37. The predicted molar refractivity (Wildman–Crippen MR) is 179 cm³/mol. The van der Waals surface area contributed by atoms with Crippen LogP contribution in [0.3, 0.4) is 0 Å². The summed E-state index contributed by atoms with van der Waals surface area (Å²) in [7, 11) is 3.99. The van der Waals surface area contributed by atoms with Crippen LogP contribution < -0.4 is 33.8 Å². The predicted octanol–water partition coefficient (Wildman–Crippen LogP) is 2.91. The van der Waals surface area contributed by atoms with Crippen LogP contribution in [-0.4, -0.2) is 70.2 Å². The van der Waals surface area contributed by atoms with Crippen molar-refractivity contribution in [3.05, 3.63) is 76.0 Å². The largest absolute Gasteiger partial charge is 0.493 e. The molecule has 47 heavy (non-hydrogen) atoms. The fourth-order valence-corrected chi connectivity index (χ4v) is 6.52. The van der Waals surface area contributed by atoms with E-state index in [4.69, 9.17) is 23.7 Å². The molecule has 0 saturated carbocycles. The molecule has 250 valence electrons. The number of carbonyl (C=O) groups is 3. The van der Waals surface area contributed by atoms with Crippen LogP contribution in [0.25, 0.3) is 6.08 Å². The number of esters is 3. The van der Waals surface area contributed by atoms with E-state index in [1.807, 2.05) is 0 Å². The Balaban J connectivity index is 1.86. The fraction of sp³-hybridized carbons (Fsp3) is 0.344. The molecule has 1 aliphatic heterocycles. The number of hydrogen-bond donors (Lipinski definition) is 0. The van der Waals surface area contributed by atoms with Crippen LogP contribution in [0.2, 0.25) is 0 Å². The van der Waals surface area contributed by atoms with Crippen LogP contribution in [0.15, 0.2) is 51.4 Å². The Morgan fingerprint density at radius 1 is 0.936 bits per heavy atom. The zero-order valence-corrected chi connectivity index (χ0v) is 29.5. The third-order valence-electron chi connectivity index (χ3n) is 6.79. The maximum Gasteiger partial charge on any atom is 0.343 e. The van der Waals surface area contributed by atoms with E-state index in [9.17, 15) is 19.2 Å². The lowest BCUT2D eigenvalue weighted by Gasteiger charge is -2.25. The van der Waals surface area contributed by atoms with Gasteiger partial charge in [-0.1, -0.05) is 17.4 Å². The van der Waals surface area contributed by atoms with E-state index in [1.165, 1.54) is 25.9 Å². The minimum Gasteiger partial charge on any atom is -0.493 e. The van der Waals surface area contributed by atoms with Crippen LogP contribution >= 0.6 is 33.9 Å². The highest BCUT2D eigenvalue weighted by Gasteiger charge is 2.34. The first-order valence-corrected chi connectivity index (χ1v) is 16.2. The number of allylic oxidation sites excluding steroid dienone is 1. The van der Waals surface area contributed by atoms with Gasteiger partial charge in [0.1, 0.15) is 0 Å². The van der Waals surface area contributed by atoms with E-state index in [-0.39, 0.29) is 37.8 Å². The van der Waals surface area contributed by atoms with Crippen LogP contribution in [0.5, 0.6) is 23.0 Å². The Kier molecular flexibility index (Phi) is 12.0. The molecule has 0 N–H and O–H groups in total. The molecule has 2 aromatic carbocycles. The van der Waals surface area contributed by atoms with Crippen molar-refractivity contribution in [1.82, 2.24) is 4.57 Å². The molecule has 0 bridgehead atoms. The smallest absolute Gasteiger partial charge is 0.343 e. The van der Waals surface area contributed by atoms with Gasteiger partial charge in [-0.05, 0) is 84.8 Å². The Bertz CT molecular complexity index is 1900. The Morgan fingerprint density at radius 2 is 1.64 bits per heavy atom. The number of benzene rings is 2. The number of halogens is 1. The lowest BCUT2D eigenvalue weighted by atomic mass is 9.95. The third-order valence-corrected chi connectivity index (χ3v) is 8.57. The number of fused-ring (bicyclic) bond motifs is 1. The molecular weight excluding hydrogens is 747 g/mol. The molecule has 4 rings (SSSR count). The van der Waals surface area contributed by atoms with Crippen molar-refractivity contribution >= 4 is 57.9 Å². The first-order valence-electron chi connectivity index (χ1n) is 14.3. The first kappa shape index (κ1) is 35.5. The van der Waals surface area contributed by atoms with E-state index < -0.39 is 29.5 Å². The second-order valence-corrected chi connectivity index (χ2v) is 11.9. The molecule has 0 aliphatic carbocycles. The number of hydrogen-bond acceptors (Lipinski definition) is 13. The molecule has 3 aromatic rings. The van der Waals surface area contributed by atoms with Gasteiger partial charge in [0, 0.05) is 0 Å². The third kappa shape index (κ3) is 7.96. The summed E-state index contributed by atoms with van der Waals surface area (Å²) < 4.78 is 39.7. The molecular formula is C32H33IN2O11S. The molecule has 13 nitrogen and oxygen atoms in total. The van der Waals surface area contributed by atoms with Gasteiger partial charge < -0.3 is 33.2 Å². The molecule has 1 aromatic heterocycles. The molecule has 1 aliphatic rings. The number of nitrogens with zero attached hydrogens (tertiary/aromatic N) is 2. The van der Waals surface area contributed by atoms with Gasteiger partial charge in [0.05, 0.1) is 60.0 Å². The van der Waals surface area contributed by atoms with E-state index in [2.05, 4.69) is 37.1 Å². The summed E-state index contributed by atoms with van der Waals surface area (Å²) in [4.78, 5) is 55.8. The molecule has 2 heterocycles. The van der Waals surface area contributed by atoms with Gasteiger partial charge in [-0.15, -0.1) is 0 Å². The van der Waals surface area contributed by atoms with Crippen LogP contribution in [0.4, 0.5) is 0 Å². The van der Waals surface area contributed by atoms with E-state index in [0.29, 0.717) is 47.0 Å². The second-order valence-electron chi connectivity index (χ2n) is 9.71. The van der Waals surface area contributed by atoms with Gasteiger partial charge in [0.15, 0.2) is 41.0 Å². The van der Waals surface area contributed by atoms with Crippen molar-refractivity contribution in [3.8, 4) is 23.0 Å². The van der Waals surface area contributed by atoms with Gasteiger partial charge in [-0.3, -0.25) is 9.36 Å². The minimum absolute atomic E-state index is 0.122. The number of methoxy groups -OCH3 is 3. The van der Waals surface area contributed by atoms with Crippen molar-refractivity contribution in [2.75, 3.05) is 47.8 Å². The van der Waals surface area contributed by atoms with Crippen LogP contribution in [0.1, 0.15) is 37.9 Å². The van der Waals surface area contributed by atoms with Gasteiger partial charge in [0.2, 0.25) is 0 Å². The van der Waals surface area contributed by atoms with Gasteiger partial charge in [0.25, 0.3) is 5.56 Å². The lowest BCUT2D eigenvalue weighted by Crippen LogP contribution is -2.40. The maximum absolute atomic E-state index is 14.1. The zero-order valence-electron chi connectivity index (χ0n) is 26.5. The summed E-state index contributed by atoms with van der Waals surface area (Å²) in [6, 6.07) is 7.51. The molecule has 0 spiro atoms. The number of carbonyl (C=O) groups excluding carboxylic acids is 3. The van der Waals surface area contributed by atoms with Crippen molar-refractivity contribution in [3.63, 3.8) is 0 Å². The SMILES string of the molecule is CCOC(=O)C1=C(C)N=c2s/c(=C\c3cc(I)c(OCC(=O)OC)c(OC)c3)c(=O)n2[C@H]1c1ccc(OCC(=O)OC)c(OCC)c1. The van der Waals surface area contributed by atoms with E-state index >= 15 is 0 Å². The normalized spacial score (nSPS) is 14.1. The number of thiazole rings is 1. The minimum atomic E-state index is -0.912. The average molecular weight is 781 g/mol. The molecule has 0 saturated heterocycles. The molecule has 15 heteroatoms. The molecule has 0 unspecified atom stereocenters. The van der Waals surface area contributed by atoms with Crippen LogP contribution in [0, 0.1) is 3.57 Å². The molecule has 1 atom stereocenters. The van der Waals surface area contributed by atoms with Gasteiger partial charge in [-0.25, -0.2) is 19.4 Å². The average Bonchev–Trinajstić information content (AvgIpc) is 3.35. The molecule has 0 amide bonds. The van der Waals surface area contributed by atoms with E-state index in [1.54, 1.807) is 57.2 Å². The van der Waals surface area contributed by atoms with Crippen molar-refractivity contribution < 1.29 is 47.5 Å². The number of aromatic nitrogens is 1. The Morgan fingerprint density at radius 3 is 2.28 bits per heavy atom. The highest BCUT2D eigenvalue weighted by molar-refractivity contribution is 14.1. The Hall–Kier alpha value is -4.38. The van der Waals surface area contributed by atoms with E-state index in [0.717, 1.165) is 11.3 Å². The fourth-order valence-electron chi connectivity index (χ4n) is 4.69. The maximum atomic E-state index is 14.1. The molecule has 0 fully saturated rings.